The minimum atomic E-state index is -0.00372. The summed E-state index contributed by atoms with van der Waals surface area (Å²) >= 11 is 0. The molecule has 0 amide bonds. The van der Waals surface area contributed by atoms with Gasteiger partial charge in [0.1, 0.15) is 23.0 Å². The molecule has 0 unspecified atom stereocenters. The van der Waals surface area contributed by atoms with Crippen LogP contribution in [0, 0.1) is 0 Å². The molecule has 6 aromatic rings. The lowest BCUT2D eigenvalue weighted by Crippen LogP contribution is -2.61. The summed E-state index contributed by atoms with van der Waals surface area (Å²) in [5.74, 6) is 3.52. The van der Waals surface area contributed by atoms with Crippen LogP contribution >= 0.6 is 0 Å². The third kappa shape index (κ3) is 2.90. The van der Waals surface area contributed by atoms with Crippen molar-refractivity contribution < 1.29 is 9.47 Å². The van der Waals surface area contributed by atoms with Crippen molar-refractivity contribution in [3.63, 3.8) is 0 Å². The molecule has 0 saturated heterocycles. The number of para-hydroxylation sites is 1. The summed E-state index contributed by atoms with van der Waals surface area (Å²) in [5.41, 5.74) is 11.6. The van der Waals surface area contributed by atoms with Crippen molar-refractivity contribution in [1.82, 2.24) is 0 Å². The Morgan fingerprint density at radius 3 is 1.35 bits per heavy atom. The van der Waals surface area contributed by atoms with Crippen molar-refractivity contribution in [2.24, 2.45) is 0 Å². The first-order valence-corrected chi connectivity index (χ1v) is 13.7. The van der Waals surface area contributed by atoms with Gasteiger partial charge in [-0.2, -0.15) is 0 Å². The van der Waals surface area contributed by atoms with E-state index in [9.17, 15) is 0 Å². The van der Waals surface area contributed by atoms with Gasteiger partial charge in [-0.05, 0) is 70.6 Å². The molecule has 0 bridgehead atoms. The van der Waals surface area contributed by atoms with Gasteiger partial charge >= 0.3 is 0 Å². The molecule has 6 aromatic carbocycles. The highest BCUT2D eigenvalue weighted by Crippen LogP contribution is 2.51. The van der Waals surface area contributed by atoms with Crippen LogP contribution in [0.3, 0.4) is 0 Å². The van der Waals surface area contributed by atoms with Crippen molar-refractivity contribution in [2.75, 3.05) is 4.90 Å². The summed E-state index contributed by atoms with van der Waals surface area (Å²) in [6, 6.07) is 46.9. The summed E-state index contributed by atoms with van der Waals surface area (Å²) in [4.78, 5) is 2.44. The molecular formula is C36H22BNO2. The lowest BCUT2D eigenvalue weighted by Gasteiger charge is -2.44. The minimum absolute atomic E-state index is 0.00372. The average Bonchev–Trinajstić information content (AvgIpc) is 3.02. The lowest BCUT2D eigenvalue weighted by atomic mass is 9.33. The highest BCUT2D eigenvalue weighted by Gasteiger charge is 2.48. The van der Waals surface area contributed by atoms with Crippen molar-refractivity contribution in [2.45, 2.75) is 0 Å². The third-order valence-electron chi connectivity index (χ3n) is 8.32. The molecule has 3 nitrogen and oxygen atoms in total. The Kier molecular flexibility index (Phi) is 4.41. The number of hydrogen-bond donors (Lipinski definition) is 0. The Hall–Kier alpha value is -5.22. The Bertz CT molecular complexity index is 1840. The van der Waals surface area contributed by atoms with Gasteiger partial charge < -0.3 is 14.4 Å². The monoisotopic (exact) mass is 511 g/mol. The largest absolute Gasteiger partial charge is 0.458 e. The SMILES string of the molecule is c1ccc(-c2ccc3c4c2N(c2ccccc2)c2c(-c5ccccc5)ccc5c2B4c2c(cccc2O5)O3)cc1. The van der Waals surface area contributed by atoms with Gasteiger partial charge in [0.05, 0.1) is 11.4 Å². The zero-order valence-electron chi connectivity index (χ0n) is 21.5. The van der Waals surface area contributed by atoms with Crippen molar-refractivity contribution in [3.05, 3.63) is 133 Å². The first-order valence-electron chi connectivity index (χ1n) is 13.7. The van der Waals surface area contributed by atoms with Crippen LogP contribution in [0.5, 0.6) is 23.0 Å². The number of hydrogen-bond acceptors (Lipinski definition) is 3. The van der Waals surface area contributed by atoms with Crippen molar-refractivity contribution >= 4 is 40.2 Å². The second-order valence-corrected chi connectivity index (χ2v) is 10.5. The van der Waals surface area contributed by atoms with E-state index in [1.54, 1.807) is 0 Å². The lowest BCUT2D eigenvalue weighted by molar-refractivity contribution is 0.464. The Balaban J connectivity index is 1.47. The van der Waals surface area contributed by atoms with Crippen LogP contribution in [0.15, 0.2) is 133 Å². The summed E-state index contributed by atoms with van der Waals surface area (Å²) in [6.07, 6.45) is 0. The Labute approximate surface area is 233 Å². The summed E-state index contributed by atoms with van der Waals surface area (Å²) in [7, 11) is 0. The highest BCUT2D eigenvalue weighted by molar-refractivity contribution is 7.01. The van der Waals surface area contributed by atoms with E-state index < -0.39 is 0 Å². The maximum atomic E-state index is 6.63. The smallest absolute Gasteiger partial charge is 0.266 e. The molecule has 0 fully saturated rings. The average molecular weight is 511 g/mol. The molecule has 186 valence electrons. The summed E-state index contributed by atoms with van der Waals surface area (Å²) in [6.45, 7) is -0.00372. The van der Waals surface area contributed by atoms with E-state index >= 15 is 0 Å². The van der Waals surface area contributed by atoms with Gasteiger partial charge in [0, 0.05) is 22.3 Å². The van der Waals surface area contributed by atoms with Gasteiger partial charge in [-0.1, -0.05) is 84.9 Å². The normalized spacial score (nSPS) is 13.3. The fraction of sp³-hybridized carbons (Fsp3) is 0. The van der Waals surface area contributed by atoms with Crippen LogP contribution in [0.1, 0.15) is 0 Å². The number of nitrogens with zero attached hydrogens (tertiary/aromatic N) is 1. The van der Waals surface area contributed by atoms with E-state index in [0.717, 1.165) is 45.5 Å². The fourth-order valence-electron chi connectivity index (χ4n) is 6.70. The zero-order valence-corrected chi connectivity index (χ0v) is 21.5. The molecule has 0 spiro atoms. The Morgan fingerprint density at radius 1 is 0.400 bits per heavy atom. The molecule has 3 aliphatic heterocycles. The van der Waals surface area contributed by atoms with E-state index in [1.807, 2.05) is 6.07 Å². The van der Waals surface area contributed by atoms with Crippen LogP contribution < -0.4 is 30.8 Å². The molecule has 40 heavy (non-hydrogen) atoms. The standard InChI is InChI=1S/C36H22BNO2/c1-4-11-23(12-5-1)26-19-21-30-33-35(26)38(25-15-8-3-9-16-25)36-27(24-13-6-2-7-14-24)20-22-31-34(36)37(33)32-28(39-30)17-10-18-29(32)40-31/h1-22H. The van der Waals surface area contributed by atoms with Gasteiger partial charge in [-0.3, -0.25) is 0 Å². The number of anilines is 3. The maximum Gasteiger partial charge on any atom is 0.266 e. The molecule has 0 atom stereocenters. The molecular weight excluding hydrogens is 489 g/mol. The zero-order chi connectivity index (χ0) is 26.2. The molecule has 0 saturated carbocycles. The van der Waals surface area contributed by atoms with Crippen LogP contribution in [-0.4, -0.2) is 6.71 Å². The first kappa shape index (κ1) is 21.7. The van der Waals surface area contributed by atoms with Gasteiger partial charge in [-0.15, -0.1) is 0 Å². The Morgan fingerprint density at radius 2 is 0.850 bits per heavy atom. The van der Waals surface area contributed by atoms with Crippen LogP contribution in [-0.2, 0) is 0 Å². The second kappa shape index (κ2) is 8.14. The summed E-state index contributed by atoms with van der Waals surface area (Å²) in [5, 5.41) is 0. The molecule has 9 rings (SSSR count). The number of benzene rings is 6. The van der Waals surface area contributed by atoms with Gasteiger partial charge in [0.15, 0.2) is 0 Å². The van der Waals surface area contributed by atoms with E-state index in [4.69, 9.17) is 9.47 Å². The minimum Gasteiger partial charge on any atom is -0.458 e. The maximum absolute atomic E-state index is 6.63. The molecule has 0 aromatic heterocycles. The van der Waals surface area contributed by atoms with Gasteiger partial charge in [-0.25, -0.2) is 0 Å². The predicted octanol–water partition coefficient (Wildman–Crippen LogP) is 7.53. The second-order valence-electron chi connectivity index (χ2n) is 10.5. The molecule has 0 radical (unpaired) electrons. The van der Waals surface area contributed by atoms with Gasteiger partial charge in [0.25, 0.3) is 6.71 Å². The van der Waals surface area contributed by atoms with Gasteiger partial charge in [0.2, 0.25) is 0 Å². The van der Waals surface area contributed by atoms with E-state index in [0.29, 0.717) is 0 Å². The van der Waals surface area contributed by atoms with E-state index in [2.05, 4.69) is 132 Å². The quantitative estimate of drug-likeness (QED) is 0.229. The molecule has 0 N–H and O–H groups in total. The van der Waals surface area contributed by atoms with Crippen LogP contribution in [0.4, 0.5) is 17.1 Å². The van der Waals surface area contributed by atoms with Crippen molar-refractivity contribution in [1.29, 1.82) is 0 Å². The highest BCUT2D eigenvalue weighted by atomic mass is 16.5. The predicted molar refractivity (Wildman–Crippen MR) is 163 cm³/mol. The molecule has 3 aliphatic rings. The number of rotatable bonds is 3. The molecule has 0 aliphatic carbocycles. The van der Waals surface area contributed by atoms with Crippen molar-refractivity contribution in [3.8, 4) is 45.3 Å². The fourth-order valence-corrected chi connectivity index (χ4v) is 6.70. The number of ether oxygens (including phenoxy) is 2. The first-order chi connectivity index (χ1) is 19.9. The van der Waals surface area contributed by atoms with Crippen LogP contribution in [0.2, 0.25) is 0 Å². The topological polar surface area (TPSA) is 21.7 Å². The summed E-state index contributed by atoms with van der Waals surface area (Å²) < 4.78 is 13.3. The van der Waals surface area contributed by atoms with Crippen LogP contribution in [0.25, 0.3) is 22.3 Å². The molecule has 3 heterocycles. The van der Waals surface area contributed by atoms with E-state index in [-0.39, 0.29) is 6.71 Å². The molecule has 4 heteroatoms. The third-order valence-corrected chi connectivity index (χ3v) is 8.32. The van der Waals surface area contributed by atoms with E-state index in [1.165, 1.54) is 33.2 Å².